The monoisotopic (exact) mass is 354 g/mol. The highest BCUT2D eigenvalue weighted by atomic mass is 28.3. The van der Waals surface area contributed by atoms with Gasteiger partial charge in [-0.1, -0.05) is 69.3 Å². The SMILES string of the molecule is CCCCCCC[SiH]1CCC(c2ccc(OCC(F)F)cc2)CC1. The van der Waals surface area contributed by atoms with E-state index in [2.05, 4.69) is 19.1 Å². The zero-order valence-electron chi connectivity index (χ0n) is 15.0. The van der Waals surface area contributed by atoms with Crippen LogP contribution in [0.25, 0.3) is 0 Å². The Labute approximate surface area is 147 Å². The molecule has 0 atom stereocenters. The molecule has 1 aromatic rings. The van der Waals surface area contributed by atoms with Gasteiger partial charge >= 0.3 is 0 Å². The van der Waals surface area contributed by atoms with Crippen molar-refractivity contribution in [3.05, 3.63) is 29.8 Å². The number of unbranched alkanes of at least 4 members (excludes halogenated alkanes) is 4. The van der Waals surface area contributed by atoms with Crippen molar-refractivity contribution in [2.45, 2.75) is 82.3 Å². The van der Waals surface area contributed by atoms with Gasteiger partial charge in [-0.2, -0.15) is 0 Å². The quantitative estimate of drug-likeness (QED) is 0.349. The molecule has 0 spiro atoms. The third kappa shape index (κ3) is 6.92. The predicted molar refractivity (Wildman–Crippen MR) is 100 cm³/mol. The second-order valence-corrected chi connectivity index (χ2v) is 10.7. The summed E-state index contributed by atoms with van der Waals surface area (Å²) in [5.74, 6) is 1.21. The third-order valence-corrected chi connectivity index (χ3v) is 8.81. The molecule has 2 rings (SSSR count). The van der Waals surface area contributed by atoms with E-state index in [9.17, 15) is 8.78 Å². The fourth-order valence-corrected chi connectivity index (χ4v) is 7.30. The maximum atomic E-state index is 12.2. The second kappa shape index (κ2) is 10.9. The van der Waals surface area contributed by atoms with Crippen molar-refractivity contribution in [3.8, 4) is 5.75 Å². The highest BCUT2D eigenvalue weighted by Gasteiger charge is 2.23. The number of alkyl halides is 2. The molecule has 1 fully saturated rings. The minimum atomic E-state index is -2.41. The number of benzene rings is 1. The summed E-state index contributed by atoms with van der Waals surface area (Å²) in [6, 6.07) is 12.3. The highest BCUT2D eigenvalue weighted by molar-refractivity contribution is 6.59. The first-order valence-corrected chi connectivity index (χ1v) is 12.1. The van der Waals surface area contributed by atoms with E-state index in [-0.39, 0.29) is 0 Å². The summed E-state index contributed by atoms with van der Waals surface area (Å²) in [5.41, 5.74) is 1.36. The van der Waals surface area contributed by atoms with Gasteiger partial charge in [0.05, 0.1) is 0 Å². The molecule has 136 valence electrons. The lowest BCUT2D eigenvalue weighted by Gasteiger charge is -2.28. The van der Waals surface area contributed by atoms with Crippen LogP contribution in [0.3, 0.4) is 0 Å². The number of ether oxygens (including phenoxy) is 1. The lowest BCUT2D eigenvalue weighted by atomic mass is 9.93. The third-order valence-electron chi connectivity index (χ3n) is 5.29. The van der Waals surface area contributed by atoms with Crippen LogP contribution in [0.15, 0.2) is 24.3 Å². The van der Waals surface area contributed by atoms with Crippen LogP contribution in [0, 0.1) is 0 Å². The first kappa shape index (κ1) is 19.4. The summed E-state index contributed by atoms with van der Waals surface area (Å²) < 4.78 is 29.4. The summed E-state index contributed by atoms with van der Waals surface area (Å²) in [6.45, 7) is 1.75. The molecule has 1 aliphatic heterocycles. The van der Waals surface area contributed by atoms with Crippen molar-refractivity contribution < 1.29 is 13.5 Å². The lowest BCUT2D eigenvalue weighted by molar-refractivity contribution is 0.0819. The van der Waals surface area contributed by atoms with E-state index in [0.717, 1.165) is 0 Å². The fraction of sp³-hybridized carbons (Fsp3) is 0.700. The van der Waals surface area contributed by atoms with Gasteiger partial charge in [-0.3, -0.25) is 0 Å². The Morgan fingerprint density at radius 2 is 1.71 bits per heavy atom. The Balaban J connectivity index is 1.68. The minimum Gasteiger partial charge on any atom is -0.488 e. The van der Waals surface area contributed by atoms with Crippen molar-refractivity contribution in [1.82, 2.24) is 0 Å². The zero-order chi connectivity index (χ0) is 17.2. The molecular weight excluding hydrogens is 322 g/mol. The molecular formula is C20H32F2OSi. The van der Waals surface area contributed by atoms with Gasteiger partial charge in [0, 0.05) is 8.80 Å². The molecule has 0 amide bonds. The van der Waals surface area contributed by atoms with Gasteiger partial charge < -0.3 is 4.74 Å². The van der Waals surface area contributed by atoms with Gasteiger partial charge in [0.1, 0.15) is 12.4 Å². The maximum absolute atomic E-state index is 12.2. The molecule has 0 unspecified atom stereocenters. The van der Waals surface area contributed by atoms with E-state index in [4.69, 9.17) is 4.74 Å². The molecule has 0 bridgehead atoms. The summed E-state index contributed by atoms with van der Waals surface area (Å²) in [4.78, 5) is 0. The number of rotatable bonds is 10. The Morgan fingerprint density at radius 3 is 2.33 bits per heavy atom. The molecule has 1 nitrogen and oxygen atoms in total. The van der Waals surface area contributed by atoms with Crippen LogP contribution in [-0.2, 0) is 0 Å². The van der Waals surface area contributed by atoms with Crippen molar-refractivity contribution in [3.63, 3.8) is 0 Å². The van der Waals surface area contributed by atoms with E-state index >= 15 is 0 Å². The number of halogens is 2. The van der Waals surface area contributed by atoms with Gasteiger partial charge in [0.25, 0.3) is 6.43 Å². The summed E-state index contributed by atoms with van der Waals surface area (Å²) in [7, 11) is -0.480. The fourth-order valence-electron chi connectivity index (χ4n) is 3.82. The molecule has 0 radical (unpaired) electrons. The van der Waals surface area contributed by atoms with Crippen molar-refractivity contribution in [1.29, 1.82) is 0 Å². The molecule has 0 aromatic heterocycles. The van der Waals surface area contributed by atoms with Crippen LogP contribution < -0.4 is 4.74 Å². The van der Waals surface area contributed by atoms with E-state index < -0.39 is 21.8 Å². The molecule has 4 heteroatoms. The van der Waals surface area contributed by atoms with E-state index in [0.29, 0.717) is 11.7 Å². The predicted octanol–water partition coefficient (Wildman–Crippen LogP) is 6.41. The van der Waals surface area contributed by atoms with Crippen LogP contribution >= 0.6 is 0 Å². The first-order chi connectivity index (χ1) is 11.7. The maximum Gasteiger partial charge on any atom is 0.272 e. The molecule has 24 heavy (non-hydrogen) atoms. The zero-order valence-corrected chi connectivity index (χ0v) is 16.1. The van der Waals surface area contributed by atoms with Crippen LogP contribution in [0.5, 0.6) is 5.75 Å². The van der Waals surface area contributed by atoms with Crippen molar-refractivity contribution >= 4 is 8.80 Å². The summed E-state index contributed by atoms with van der Waals surface area (Å²) in [6.07, 6.45) is 7.26. The second-order valence-electron chi connectivity index (χ2n) is 7.19. The minimum absolute atomic E-state index is 0.480. The molecule has 1 aromatic carbocycles. The van der Waals surface area contributed by atoms with E-state index in [1.165, 1.54) is 68.6 Å². The average Bonchev–Trinajstić information content (AvgIpc) is 2.61. The molecule has 1 aliphatic rings. The topological polar surface area (TPSA) is 9.23 Å². The number of hydrogen-bond donors (Lipinski definition) is 0. The van der Waals surface area contributed by atoms with E-state index in [1.807, 2.05) is 12.1 Å². The Morgan fingerprint density at radius 1 is 1.04 bits per heavy atom. The summed E-state index contributed by atoms with van der Waals surface area (Å²) in [5, 5.41) is 0. The molecule has 1 saturated heterocycles. The largest absolute Gasteiger partial charge is 0.488 e. The summed E-state index contributed by atoms with van der Waals surface area (Å²) >= 11 is 0. The number of hydrogen-bond acceptors (Lipinski definition) is 1. The average molecular weight is 355 g/mol. The van der Waals surface area contributed by atoms with Crippen LogP contribution in [0.4, 0.5) is 8.78 Å². The van der Waals surface area contributed by atoms with Crippen molar-refractivity contribution in [2.24, 2.45) is 0 Å². The highest BCUT2D eigenvalue weighted by Crippen LogP contribution is 2.35. The van der Waals surface area contributed by atoms with Crippen LogP contribution in [-0.4, -0.2) is 21.8 Å². The van der Waals surface area contributed by atoms with Gasteiger partial charge in [0.2, 0.25) is 0 Å². The Kier molecular flexibility index (Phi) is 8.79. The first-order valence-electron chi connectivity index (χ1n) is 9.70. The van der Waals surface area contributed by atoms with Gasteiger partial charge in [-0.05, 0) is 36.5 Å². The molecule has 0 aliphatic carbocycles. The smallest absolute Gasteiger partial charge is 0.272 e. The van der Waals surface area contributed by atoms with Gasteiger partial charge in [-0.25, -0.2) is 8.78 Å². The Bertz CT molecular complexity index is 441. The van der Waals surface area contributed by atoms with Crippen LogP contribution in [0.1, 0.15) is 63.4 Å². The normalized spacial score (nSPS) is 21.2. The lowest BCUT2D eigenvalue weighted by Crippen LogP contribution is -2.20. The van der Waals surface area contributed by atoms with Crippen molar-refractivity contribution in [2.75, 3.05) is 6.61 Å². The standard InChI is InChI=1S/C20H32F2OSi/c1-2-3-4-5-6-13-24-14-11-18(12-15-24)17-7-9-19(10-8-17)23-16-20(21)22/h7-10,18,20,24H,2-6,11-16H2,1H3. The van der Waals surface area contributed by atoms with E-state index in [1.54, 1.807) is 0 Å². The molecule has 0 saturated carbocycles. The Hall–Kier alpha value is -0.903. The molecule has 1 heterocycles. The molecule has 0 N–H and O–H groups in total. The van der Waals surface area contributed by atoms with Crippen LogP contribution in [0.2, 0.25) is 18.1 Å². The van der Waals surface area contributed by atoms with Gasteiger partial charge in [-0.15, -0.1) is 0 Å². The van der Waals surface area contributed by atoms with Gasteiger partial charge in [0.15, 0.2) is 0 Å².